The van der Waals surface area contributed by atoms with Crippen LogP contribution in [0.5, 0.6) is 0 Å². The minimum absolute atomic E-state index is 0.0131. The zero-order chi connectivity index (χ0) is 14.8. The summed E-state index contributed by atoms with van der Waals surface area (Å²) in [4.78, 5) is 15.2. The highest BCUT2D eigenvalue weighted by molar-refractivity contribution is 7.99. The van der Waals surface area contributed by atoms with Gasteiger partial charge in [0.1, 0.15) is 5.82 Å². The first kappa shape index (κ1) is 14.5. The Morgan fingerprint density at radius 1 is 1.52 bits per heavy atom. The molecule has 8 heteroatoms. The summed E-state index contributed by atoms with van der Waals surface area (Å²) in [6.45, 7) is 2.75. The van der Waals surface area contributed by atoms with E-state index in [1.807, 2.05) is 12.3 Å². The fourth-order valence-electron chi connectivity index (χ4n) is 2.11. The van der Waals surface area contributed by atoms with Crippen LogP contribution in [0.3, 0.4) is 0 Å². The number of carboxylic acids is 1. The van der Waals surface area contributed by atoms with Crippen LogP contribution >= 0.6 is 23.1 Å². The molecule has 0 aromatic carbocycles. The lowest BCUT2D eigenvalue weighted by Gasteiger charge is -2.08. The van der Waals surface area contributed by atoms with Gasteiger partial charge in [-0.1, -0.05) is 11.8 Å². The largest absolute Gasteiger partial charge is 0.481 e. The quantitative estimate of drug-likeness (QED) is 0.787. The number of aliphatic carboxylic acids is 1. The van der Waals surface area contributed by atoms with Gasteiger partial charge in [0.05, 0.1) is 10.8 Å². The molecule has 3 rings (SSSR count). The molecule has 1 saturated carbocycles. The molecular formula is C13H16N4O2S2. The number of hydrogen-bond acceptors (Lipinski definition) is 6. The van der Waals surface area contributed by atoms with Crippen LogP contribution in [0.15, 0.2) is 10.5 Å². The van der Waals surface area contributed by atoms with Crippen LogP contribution in [0.25, 0.3) is 0 Å². The average Bonchev–Trinajstić information content (AvgIpc) is 3.08. The SMILES string of the molecule is Cc1csc(CCn2c(SCC(=O)O)nnc2C2CC2)n1. The van der Waals surface area contributed by atoms with E-state index in [0.717, 1.165) is 42.3 Å². The molecule has 0 bridgehead atoms. The van der Waals surface area contributed by atoms with Crippen LogP contribution in [0, 0.1) is 6.92 Å². The highest BCUT2D eigenvalue weighted by Crippen LogP contribution is 2.40. The molecule has 2 heterocycles. The standard InChI is InChI=1S/C13H16N4O2S2/c1-8-6-20-10(14-8)4-5-17-12(9-2-3-9)15-16-13(17)21-7-11(18)19/h6,9H,2-5,7H2,1H3,(H,18,19). The summed E-state index contributed by atoms with van der Waals surface area (Å²) >= 11 is 2.89. The normalized spacial score (nSPS) is 14.5. The van der Waals surface area contributed by atoms with Gasteiger partial charge in [0, 0.05) is 30.0 Å². The van der Waals surface area contributed by atoms with Gasteiger partial charge in [0.25, 0.3) is 0 Å². The summed E-state index contributed by atoms with van der Waals surface area (Å²) in [6.07, 6.45) is 3.13. The maximum absolute atomic E-state index is 10.7. The zero-order valence-corrected chi connectivity index (χ0v) is 13.3. The maximum atomic E-state index is 10.7. The monoisotopic (exact) mass is 324 g/mol. The summed E-state index contributed by atoms with van der Waals surface area (Å²) in [7, 11) is 0. The number of hydrogen-bond donors (Lipinski definition) is 1. The molecular weight excluding hydrogens is 308 g/mol. The number of aryl methyl sites for hydroxylation is 2. The van der Waals surface area contributed by atoms with Crippen molar-refractivity contribution in [2.75, 3.05) is 5.75 Å². The van der Waals surface area contributed by atoms with E-state index >= 15 is 0 Å². The molecule has 0 unspecified atom stereocenters. The highest BCUT2D eigenvalue weighted by atomic mass is 32.2. The van der Waals surface area contributed by atoms with Gasteiger partial charge in [0.15, 0.2) is 5.16 Å². The van der Waals surface area contributed by atoms with Crippen LogP contribution in [-0.2, 0) is 17.8 Å². The molecule has 0 amide bonds. The van der Waals surface area contributed by atoms with E-state index in [1.165, 1.54) is 11.8 Å². The van der Waals surface area contributed by atoms with Crippen molar-refractivity contribution in [2.45, 2.75) is 43.8 Å². The fraction of sp³-hybridized carbons (Fsp3) is 0.538. The summed E-state index contributed by atoms with van der Waals surface area (Å²) in [5.41, 5.74) is 1.04. The van der Waals surface area contributed by atoms with Crippen LogP contribution in [0.4, 0.5) is 0 Å². The Bertz CT molecular complexity index is 648. The van der Waals surface area contributed by atoms with E-state index in [2.05, 4.69) is 19.7 Å². The van der Waals surface area contributed by atoms with E-state index in [0.29, 0.717) is 11.1 Å². The van der Waals surface area contributed by atoms with Gasteiger partial charge in [-0.3, -0.25) is 4.79 Å². The molecule has 1 aliphatic rings. The van der Waals surface area contributed by atoms with Gasteiger partial charge in [-0.15, -0.1) is 21.5 Å². The Labute approximate surface area is 130 Å². The smallest absolute Gasteiger partial charge is 0.313 e. The van der Waals surface area contributed by atoms with E-state index < -0.39 is 5.97 Å². The van der Waals surface area contributed by atoms with Crippen molar-refractivity contribution >= 4 is 29.1 Å². The molecule has 2 aromatic rings. The number of thiazole rings is 1. The molecule has 1 fully saturated rings. The van der Waals surface area contributed by atoms with Crippen molar-refractivity contribution in [1.29, 1.82) is 0 Å². The van der Waals surface area contributed by atoms with Gasteiger partial charge in [-0.25, -0.2) is 4.98 Å². The Hall–Kier alpha value is -1.41. The van der Waals surface area contributed by atoms with Gasteiger partial charge in [-0.05, 0) is 19.8 Å². The molecule has 0 radical (unpaired) electrons. The van der Waals surface area contributed by atoms with Crippen molar-refractivity contribution < 1.29 is 9.90 Å². The van der Waals surface area contributed by atoms with E-state index in [4.69, 9.17) is 5.11 Å². The number of thioether (sulfide) groups is 1. The average molecular weight is 324 g/mol. The van der Waals surface area contributed by atoms with E-state index in [-0.39, 0.29) is 5.75 Å². The van der Waals surface area contributed by atoms with Crippen LogP contribution in [0.1, 0.15) is 35.3 Å². The molecule has 0 spiro atoms. The van der Waals surface area contributed by atoms with Crippen molar-refractivity contribution in [1.82, 2.24) is 19.7 Å². The first-order valence-corrected chi connectivity index (χ1v) is 8.68. The topological polar surface area (TPSA) is 80.9 Å². The zero-order valence-electron chi connectivity index (χ0n) is 11.7. The molecule has 0 saturated heterocycles. The third-order valence-electron chi connectivity index (χ3n) is 3.23. The van der Waals surface area contributed by atoms with Gasteiger partial charge in [0.2, 0.25) is 0 Å². The van der Waals surface area contributed by atoms with Gasteiger partial charge < -0.3 is 9.67 Å². The second-order valence-corrected chi connectivity index (χ2v) is 6.97. The third kappa shape index (κ3) is 3.62. The second kappa shape index (κ2) is 6.15. The highest BCUT2D eigenvalue weighted by Gasteiger charge is 2.30. The minimum atomic E-state index is -0.835. The molecule has 2 aromatic heterocycles. The number of nitrogens with zero attached hydrogens (tertiary/aromatic N) is 4. The van der Waals surface area contributed by atoms with Gasteiger partial charge in [-0.2, -0.15) is 0 Å². The first-order chi connectivity index (χ1) is 10.1. The van der Waals surface area contributed by atoms with Crippen molar-refractivity contribution in [3.63, 3.8) is 0 Å². The third-order valence-corrected chi connectivity index (χ3v) is 5.21. The number of rotatable bonds is 7. The predicted molar refractivity (Wildman–Crippen MR) is 80.9 cm³/mol. The Morgan fingerprint density at radius 2 is 2.33 bits per heavy atom. The van der Waals surface area contributed by atoms with Crippen LogP contribution in [0.2, 0.25) is 0 Å². The number of aromatic nitrogens is 4. The summed E-state index contributed by atoms with van der Waals surface area (Å²) in [5, 5.41) is 21.1. The lowest BCUT2D eigenvalue weighted by atomic mass is 10.3. The first-order valence-electron chi connectivity index (χ1n) is 6.82. The van der Waals surface area contributed by atoms with Gasteiger partial charge >= 0.3 is 5.97 Å². The second-order valence-electron chi connectivity index (χ2n) is 5.08. The summed E-state index contributed by atoms with van der Waals surface area (Å²) < 4.78 is 2.07. The summed E-state index contributed by atoms with van der Waals surface area (Å²) in [5.74, 6) is 0.669. The molecule has 0 atom stereocenters. The molecule has 6 nitrogen and oxygen atoms in total. The fourth-order valence-corrected chi connectivity index (χ4v) is 3.57. The summed E-state index contributed by atoms with van der Waals surface area (Å²) in [6, 6.07) is 0. The predicted octanol–water partition coefficient (Wildman–Crippen LogP) is 2.34. The molecule has 112 valence electrons. The van der Waals surface area contributed by atoms with Crippen LogP contribution < -0.4 is 0 Å². The van der Waals surface area contributed by atoms with Crippen molar-refractivity contribution in [3.8, 4) is 0 Å². The lowest BCUT2D eigenvalue weighted by Crippen LogP contribution is -2.08. The van der Waals surface area contributed by atoms with Crippen LogP contribution in [-0.4, -0.2) is 36.6 Å². The van der Waals surface area contributed by atoms with E-state index in [1.54, 1.807) is 11.3 Å². The molecule has 21 heavy (non-hydrogen) atoms. The Kier molecular flexibility index (Phi) is 4.25. The minimum Gasteiger partial charge on any atom is -0.481 e. The Balaban J connectivity index is 1.73. The maximum Gasteiger partial charge on any atom is 0.313 e. The lowest BCUT2D eigenvalue weighted by molar-refractivity contribution is -0.133. The van der Waals surface area contributed by atoms with Crippen molar-refractivity contribution in [3.05, 3.63) is 21.9 Å². The number of carboxylic acid groups (broad SMARTS) is 1. The molecule has 1 aliphatic carbocycles. The number of carbonyl (C=O) groups is 1. The molecule has 0 aliphatic heterocycles. The Morgan fingerprint density at radius 3 is 2.95 bits per heavy atom. The van der Waals surface area contributed by atoms with E-state index in [9.17, 15) is 4.79 Å². The molecule has 1 N–H and O–H groups in total. The van der Waals surface area contributed by atoms with Crippen molar-refractivity contribution in [2.24, 2.45) is 0 Å².